The van der Waals surface area contributed by atoms with Crippen LogP contribution in [0.3, 0.4) is 0 Å². The number of rotatable bonds is 5. The van der Waals surface area contributed by atoms with E-state index in [0.717, 1.165) is 16.8 Å². The number of carbonyl (C=O) groups excluding carboxylic acids is 1. The number of H-pyrrole nitrogens is 1. The van der Waals surface area contributed by atoms with E-state index in [9.17, 15) is 4.79 Å². The molecular weight excluding hydrogens is 264 g/mol. The molecule has 0 radical (unpaired) electrons. The molecule has 0 fully saturated rings. The number of esters is 1. The van der Waals surface area contributed by atoms with Crippen LogP contribution >= 0.6 is 12.2 Å². The minimum absolute atomic E-state index is 0.215. The molecule has 1 heterocycles. The predicted molar refractivity (Wildman–Crippen MR) is 74.9 cm³/mol. The number of fused-ring (bicyclic) bond motifs is 1. The van der Waals surface area contributed by atoms with Gasteiger partial charge in [-0.05, 0) is 31.3 Å². The quantitative estimate of drug-likeness (QED) is 0.676. The Morgan fingerprint density at radius 1 is 1.47 bits per heavy atom. The molecule has 2 rings (SSSR count). The molecule has 0 aliphatic heterocycles. The molecule has 6 heteroatoms. The van der Waals surface area contributed by atoms with Gasteiger partial charge in [-0.3, -0.25) is 4.79 Å². The molecule has 102 valence electrons. The molecule has 0 spiro atoms. The summed E-state index contributed by atoms with van der Waals surface area (Å²) < 4.78 is 12.6. The summed E-state index contributed by atoms with van der Waals surface area (Å²) in [4.78, 5) is 14.5. The Labute approximate surface area is 116 Å². The van der Waals surface area contributed by atoms with E-state index in [1.165, 1.54) is 0 Å². The summed E-state index contributed by atoms with van der Waals surface area (Å²) in [5.74, 6) is 0.550. The molecule has 0 aliphatic carbocycles. The lowest BCUT2D eigenvalue weighted by atomic mass is 10.3. The van der Waals surface area contributed by atoms with Crippen molar-refractivity contribution in [3.05, 3.63) is 23.0 Å². The average Bonchev–Trinajstić information content (AvgIpc) is 2.71. The van der Waals surface area contributed by atoms with Crippen LogP contribution in [0.5, 0.6) is 5.75 Å². The monoisotopic (exact) mass is 280 g/mol. The molecule has 19 heavy (non-hydrogen) atoms. The zero-order valence-electron chi connectivity index (χ0n) is 10.9. The van der Waals surface area contributed by atoms with Gasteiger partial charge in [-0.25, -0.2) is 0 Å². The highest BCUT2D eigenvalue weighted by Crippen LogP contribution is 2.20. The van der Waals surface area contributed by atoms with Crippen molar-refractivity contribution in [3.8, 4) is 5.75 Å². The third-order valence-corrected chi connectivity index (χ3v) is 3.15. The first-order valence-electron chi connectivity index (χ1n) is 6.08. The van der Waals surface area contributed by atoms with Crippen LogP contribution in [0.1, 0.15) is 13.3 Å². The van der Waals surface area contributed by atoms with Crippen LogP contribution < -0.4 is 4.74 Å². The number of aromatic amines is 1. The fourth-order valence-corrected chi connectivity index (χ4v) is 2.23. The van der Waals surface area contributed by atoms with Gasteiger partial charge >= 0.3 is 5.97 Å². The van der Waals surface area contributed by atoms with Crippen LogP contribution in [-0.2, 0) is 16.1 Å². The second-order valence-corrected chi connectivity index (χ2v) is 4.41. The van der Waals surface area contributed by atoms with E-state index < -0.39 is 0 Å². The van der Waals surface area contributed by atoms with Crippen molar-refractivity contribution in [2.75, 3.05) is 13.7 Å². The van der Waals surface area contributed by atoms with Crippen molar-refractivity contribution in [2.24, 2.45) is 0 Å². The Hall–Kier alpha value is -1.82. The highest BCUT2D eigenvalue weighted by atomic mass is 32.1. The summed E-state index contributed by atoms with van der Waals surface area (Å²) in [7, 11) is 1.62. The largest absolute Gasteiger partial charge is 0.497 e. The van der Waals surface area contributed by atoms with Crippen LogP contribution in [0.25, 0.3) is 11.0 Å². The third kappa shape index (κ3) is 2.96. The molecule has 0 unspecified atom stereocenters. The highest BCUT2D eigenvalue weighted by molar-refractivity contribution is 7.71. The molecule has 2 aromatic rings. The van der Waals surface area contributed by atoms with Gasteiger partial charge in [-0.15, -0.1) is 0 Å². The first-order valence-corrected chi connectivity index (χ1v) is 6.48. The van der Waals surface area contributed by atoms with Crippen molar-refractivity contribution in [2.45, 2.75) is 19.9 Å². The van der Waals surface area contributed by atoms with E-state index in [1.54, 1.807) is 14.0 Å². The second kappa shape index (κ2) is 5.88. The predicted octanol–water partition coefficient (Wildman–Crippen LogP) is 2.66. The number of nitrogens with zero attached hydrogens (tertiary/aromatic N) is 1. The van der Waals surface area contributed by atoms with E-state index in [-0.39, 0.29) is 5.97 Å². The van der Waals surface area contributed by atoms with Crippen LogP contribution in [0.15, 0.2) is 18.2 Å². The number of hydrogen-bond donors (Lipinski definition) is 1. The van der Waals surface area contributed by atoms with Crippen LogP contribution in [0, 0.1) is 4.77 Å². The fraction of sp³-hybridized carbons (Fsp3) is 0.385. The number of hydrogen-bond acceptors (Lipinski definition) is 4. The Morgan fingerprint density at radius 3 is 2.95 bits per heavy atom. The number of methoxy groups -OCH3 is 1. The van der Waals surface area contributed by atoms with Gasteiger partial charge in [0.15, 0.2) is 4.77 Å². The van der Waals surface area contributed by atoms with E-state index in [1.807, 2.05) is 22.8 Å². The lowest BCUT2D eigenvalue weighted by Gasteiger charge is -2.05. The van der Waals surface area contributed by atoms with Gasteiger partial charge in [-0.1, -0.05) is 0 Å². The first kappa shape index (κ1) is 13.6. The van der Waals surface area contributed by atoms with Gasteiger partial charge in [0, 0.05) is 12.6 Å². The normalized spacial score (nSPS) is 10.6. The van der Waals surface area contributed by atoms with Gasteiger partial charge in [0.1, 0.15) is 5.75 Å². The van der Waals surface area contributed by atoms with E-state index in [4.69, 9.17) is 21.7 Å². The molecule has 0 saturated heterocycles. The second-order valence-electron chi connectivity index (χ2n) is 4.02. The SMILES string of the molecule is CCOC(=O)CCn1c(=S)[nH]c2cc(OC)ccc21. The molecule has 0 atom stereocenters. The van der Waals surface area contributed by atoms with Crippen LogP contribution in [0.2, 0.25) is 0 Å². The van der Waals surface area contributed by atoms with Crippen molar-refractivity contribution < 1.29 is 14.3 Å². The molecule has 0 saturated carbocycles. The van der Waals surface area contributed by atoms with Crippen molar-refractivity contribution in [3.63, 3.8) is 0 Å². The third-order valence-electron chi connectivity index (χ3n) is 2.83. The van der Waals surface area contributed by atoms with E-state index >= 15 is 0 Å². The maximum Gasteiger partial charge on any atom is 0.307 e. The number of carbonyl (C=O) groups is 1. The zero-order chi connectivity index (χ0) is 13.8. The lowest BCUT2D eigenvalue weighted by molar-refractivity contribution is -0.143. The maximum absolute atomic E-state index is 11.4. The molecule has 1 N–H and O–H groups in total. The summed E-state index contributed by atoms with van der Waals surface area (Å²) in [6.07, 6.45) is 0.307. The molecular formula is C13H16N2O3S. The molecule has 5 nitrogen and oxygen atoms in total. The van der Waals surface area contributed by atoms with Crippen molar-refractivity contribution in [1.29, 1.82) is 0 Å². The standard InChI is InChI=1S/C13H16N2O3S/c1-3-18-12(16)6-7-15-11-5-4-9(17-2)8-10(11)14-13(15)19/h4-5,8H,3,6-7H2,1-2H3,(H,14,19). The summed E-state index contributed by atoms with van der Waals surface area (Å²) >= 11 is 5.26. The molecule has 0 aliphatic rings. The minimum atomic E-state index is -0.215. The summed E-state index contributed by atoms with van der Waals surface area (Å²) in [5.41, 5.74) is 1.85. The molecule has 0 amide bonds. The van der Waals surface area contributed by atoms with Gasteiger partial charge < -0.3 is 19.0 Å². The average molecular weight is 280 g/mol. The van der Waals surface area contributed by atoms with Gasteiger partial charge in [0.2, 0.25) is 0 Å². The fourth-order valence-electron chi connectivity index (χ4n) is 1.93. The Balaban J connectivity index is 2.25. The minimum Gasteiger partial charge on any atom is -0.497 e. The smallest absolute Gasteiger partial charge is 0.307 e. The maximum atomic E-state index is 11.4. The number of aryl methyl sites for hydroxylation is 1. The number of benzene rings is 1. The van der Waals surface area contributed by atoms with E-state index in [2.05, 4.69) is 4.98 Å². The first-order chi connectivity index (χ1) is 9.15. The highest BCUT2D eigenvalue weighted by Gasteiger charge is 2.08. The Kier molecular flexibility index (Phi) is 4.21. The molecule has 1 aromatic heterocycles. The zero-order valence-corrected chi connectivity index (χ0v) is 11.8. The summed E-state index contributed by atoms with van der Waals surface area (Å²) in [6, 6.07) is 5.67. The van der Waals surface area contributed by atoms with Crippen LogP contribution in [-0.4, -0.2) is 29.2 Å². The van der Waals surface area contributed by atoms with Crippen molar-refractivity contribution >= 4 is 29.2 Å². The Morgan fingerprint density at radius 2 is 2.26 bits per heavy atom. The van der Waals surface area contributed by atoms with Gasteiger partial charge in [0.05, 0.1) is 31.2 Å². The summed E-state index contributed by atoms with van der Waals surface area (Å²) in [5, 5.41) is 0. The van der Waals surface area contributed by atoms with Gasteiger partial charge in [0.25, 0.3) is 0 Å². The number of nitrogens with one attached hydrogen (secondary N) is 1. The lowest BCUT2D eigenvalue weighted by Crippen LogP contribution is -2.09. The number of imidazole rings is 1. The summed E-state index contributed by atoms with van der Waals surface area (Å²) in [6.45, 7) is 2.70. The molecule has 0 bridgehead atoms. The topological polar surface area (TPSA) is 56.2 Å². The number of ether oxygens (including phenoxy) is 2. The van der Waals surface area contributed by atoms with E-state index in [0.29, 0.717) is 24.3 Å². The van der Waals surface area contributed by atoms with Crippen LogP contribution in [0.4, 0.5) is 0 Å². The number of aromatic nitrogens is 2. The van der Waals surface area contributed by atoms with Gasteiger partial charge in [-0.2, -0.15) is 0 Å². The molecule has 1 aromatic carbocycles. The Bertz CT molecular complexity index is 645. The van der Waals surface area contributed by atoms with Crippen molar-refractivity contribution in [1.82, 2.24) is 9.55 Å².